The van der Waals surface area contributed by atoms with E-state index in [4.69, 9.17) is 4.74 Å². The lowest BCUT2D eigenvalue weighted by Gasteiger charge is -2.49. The molecule has 0 spiro atoms. The molecule has 2 aromatic carbocycles. The van der Waals surface area contributed by atoms with Crippen molar-refractivity contribution in [3.8, 4) is 5.75 Å². The Labute approximate surface area is 245 Å². The maximum absolute atomic E-state index is 14.0. The molecule has 2 N–H and O–H groups in total. The van der Waals surface area contributed by atoms with Crippen molar-refractivity contribution in [3.05, 3.63) is 87.8 Å². The molecule has 0 amide bonds. The lowest BCUT2D eigenvalue weighted by atomic mass is 9.63. The Morgan fingerprint density at radius 1 is 0.833 bits per heavy atom. The second-order valence-electron chi connectivity index (χ2n) is 13.2. The van der Waals surface area contributed by atoms with E-state index in [1.165, 1.54) is 12.1 Å². The minimum absolute atomic E-state index is 0.0326. The average Bonchev–Trinajstić information content (AvgIpc) is 2.89. The Morgan fingerprint density at radius 2 is 1.38 bits per heavy atom. The number of carbonyl (C=O) groups is 4. The molecule has 42 heavy (non-hydrogen) atoms. The van der Waals surface area contributed by atoms with Gasteiger partial charge in [0.2, 0.25) is 0 Å². The molecule has 0 fully saturated rings. The van der Waals surface area contributed by atoms with E-state index >= 15 is 0 Å². The summed E-state index contributed by atoms with van der Waals surface area (Å²) < 4.78 is 6.29. The van der Waals surface area contributed by atoms with E-state index in [0.717, 1.165) is 22.5 Å². The average molecular weight is 572 g/mol. The van der Waals surface area contributed by atoms with Crippen molar-refractivity contribution in [3.63, 3.8) is 0 Å². The standard InChI is InChI=1S/C34H37NO7/c1-33(2)15-23-30(25(36)17-33)29(31-24(35(23)14-13-28(38)39)16-34(3,4)18-26(31)37)22-7-5-6-8-27(22)42-19-20-9-11-21(12-10-20)32(40)41/h5-12,29H,13-19H2,1-4H3,(H,38,39)(H,40,41). The number of allylic oxidation sites excluding steroid dienone is 4. The van der Waals surface area contributed by atoms with Gasteiger partial charge >= 0.3 is 11.9 Å². The van der Waals surface area contributed by atoms with E-state index in [2.05, 4.69) is 0 Å². The van der Waals surface area contributed by atoms with Gasteiger partial charge in [-0.25, -0.2) is 4.79 Å². The number of hydrogen-bond acceptors (Lipinski definition) is 6. The van der Waals surface area contributed by atoms with Gasteiger partial charge in [-0.05, 0) is 47.4 Å². The van der Waals surface area contributed by atoms with Gasteiger partial charge in [0.1, 0.15) is 12.4 Å². The zero-order chi connectivity index (χ0) is 30.4. The first-order chi connectivity index (χ1) is 19.8. The van der Waals surface area contributed by atoms with Gasteiger partial charge in [0.15, 0.2) is 11.6 Å². The van der Waals surface area contributed by atoms with Gasteiger partial charge in [0, 0.05) is 53.4 Å². The minimum atomic E-state index is -1.00. The van der Waals surface area contributed by atoms with Crippen LogP contribution >= 0.6 is 0 Å². The monoisotopic (exact) mass is 571 g/mol. The first kappa shape index (κ1) is 29.3. The normalized spacial score (nSPS) is 19.9. The van der Waals surface area contributed by atoms with Crippen molar-refractivity contribution in [1.82, 2.24) is 4.90 Å². The number of ketones is 2. The fourth-order valence-corrected chi connectivity index (χ4v) is 6.59. The predicted octanol–water partition coefficient (Wildman–Crippen LogP) is 6.12. The largest absolute Gasteiger partial charge is 0.489 e. The second kappa shape index (κ2) is 10.9. The van der Waals surface area contributed by atoms with Gasteiger partial charge in [-0.15, -0.1) is 0 Å². The maximum atomic E-state index is 14.0. The minimum Gasteiger partial charge on any atom is -0.489 e. The summed E-state index contributed by atoms with van der Waals surface area (Å²) >= 11 is 0. The highest BCUT2D eigenvalue weighted by Gasteiger charge is 2.49. The SMILES string of the molecule is CC1(C)CC(=O)C2=C(C1)N(CCC(=O)O)C1=C(C(=O)CC(C)(C)C1)C2c1ccccc1OCc1ccc(C(=O)O)cc1. The number of nitrogens with zero attached hydrogens (tertiary/aromatic N) is 1. The maximum Gasteiger partial charge on any atom is 0.335 e. The van der Waals surface area contributed by atoms with Gasteiger partial charge in [0.05, 0.1) is 12.0 Å². The van der Waals surface area contributed by atoms with Crippen LogP contribution in [0.1, 0.15) is 87.2 Å². The molecule has 0 aromatic heterocycles. The molecule has 1 heterocycles. The van der Waals surface area contributed by atoms with Crippen molar-refractivity contribution >= 4 is 23.5 Å². The Morgan fingerprint density at radius 3 is 1.90 bits per heavy atom. The van der Waals surface area contributed by atoms with E-state index in [9.17, 15) is 29.4 Å². The number of hydrogen-bond donors (Lipinski definition) is 2. The van der Waals surface area contributed by atoms with Crippen molar-refractivity contribution in [2.75, 3.05) is 6.54 Å². The third kappa shape index (κ3) is 5.75. The van der Waals surface area contributed by atoms with Crippen LogP contribution in [0.4, 0.5) is 0 Å². The smallest absolute Gasteiger partial charge is 0.335 e. The van der Waals surface area contributed by atoms with Crippen LogP contribution in [-0.2, 0) is 21.0 Å². The topological polar surface area (TPSA) is 121 Å². The van der Waals surface area contributed by atoms with Gasteiger partial charge in [-0.3, -0.25) is 14.4 Å². The van der Waals surface area contributed by atoms with Gasteiger partial charge in [0.25, 0.3) is 0 Å². The Kier molecular flexibility index (Phi) is 7.60. The number of Topliss-reactive ketones (excluding diaryl/α,β-unsaturated/α-hetero) is 2. The van der Waals surface area contributed by atoms with E-state index in [0.29, 0.717) is 42.6 Å². The summed E-state index contributed by atoms with van der Waals surface area (Å²) in [6.45, 7) is 8.56. The molecular weight excluding hydrogens is 534 g/mol. The lowest BCUT2D eigenvalue weighted by Crippen LogP contribution is -2.45. The molecular formula is C34H37NO7. The van der Waals surface area contributed by atoms with Gasteiger partial charge < -0.3 is 19.8 Å². The Balaban J connectivity index is 1.63. The van der Waals surface area contributed by atoms with E-state index in [-0.39, 0.29) is 47.5 Å². The third-order valence-electron chi connectivity index (χ3n) is 8.40. The van der Waals surface area contributed by atoms with Crippen LogP contribution in [-0.4, -0.2) is 45.2 Å². The van der Waals surface area contributed by atoms with Crippen LogP contribution < -0.4 is 4.74 Å². The van der Waals surface area contributed by atoms with Crippen LogP contribution in [0.15, 0.2) is 71.1 Å². The molecule has 1 aliphatic heterocycles. The number of carbonyl (C=O) groups excluding carboxylic acids is 2. The molecule has 0 saturated carbocycles. The molecule has 8 heteroatoms. The Hall–Kier alpha value is -4.20. The molecule has 0 radical (unpaired) electrons. The molecule has 2 aromatic rings. The number of carboxylic acid groups (broad SMARTS) is 2. The first-order valence-corrected chi connectivity index (χ1v) is 14.3. The molecule has 0 unspecified atom stereocenters. The lowest BCUT2D eigenvalue weighted by molar-refractivity contribution is -0.137. The molecule has 5 rings (SSSR count). The van der Waals surface area contributed by atoms with Crippen LogP contribution in [0, 0.1) is 10.8 Å². The summed E-state index contributed by atoms with van der Waals surface area (Å²) in [4.78, 5) is 52.8. The van der Waals surface area contributed by atoms with Crippen molar-refractivity contribution in [2.45, 2.75) is 72.3 Å². The molecule has 8 nitrogen and oxygen atoms in total. The summed E-state index contributed by atoms with van der Waals surface area (Å²) in [5.41, 5.74) is 3.81. The second-order valence-corrected chi connectivity index (χ2v) is 13.2. The number of para-hydroxylation sites is 1. The fourth-order valence-electron chi connectivity index (χ4n) is 6.59. The van der Waals surface area contributed by atoms with Crippen LogP contribution in [0.3, 0.4) is 0 Å². The van der Waals surface area contributed by atoms with E-state index < -0.39 is 17.9 Å². The molecule has 220 valence electrons. The molecule has 0 bridgehead atoms. The summed E-state index contributed by atoms with van der Waals surface area (Å²) in [7, 11) is 0. The number of benzene rings is 2. The number of aromatic carboxylic acids is 1. The summed E-state index contributed by atoms with van der Waals surface area (Å²) in [6.07, 6.45) is 1.73. The fraction of sp³-hybridized carbons (Fsp3) is 0.412. The molecule has 3 aliphatic rings. The molecule has 0 saturated heterocycles. The zero-order valence-electron chi connectivity index (χ0n) is 24.5. The number of aliphatic carboxylic acids is 1. The molecule has 2 aliphatic carbocycles. The molecule has 0 atom stereocenters. The number of carboxylic acids is 2. The van der Waals surface area contributed by atoms with Crippen molar-refractivity contribution in [2.24, 2.45) is 10.8 Å². The quantitative estimate of drug-likeness (QED) is 0.389. The van der Waals surface area contributed by atoms with Crippen molar-refractivity contribution < 1.29 is 34.1 Å². The highest BCUT2D eigenvalue weighted by molar-refractivity contribution is 6.07. The van der Waals surface area contributed by atoms with E-state index in [1.54, 1.807) is 12.1 Å². The van der Waals surface area contributed by atoms with E-state index in [1.807, 2.05) is 56.9 Å². The van der Waals surface area contributed by atoms with Crippen molar-refractivity contribution in [1.29, 1.82) is 0 Å². The predicted molar refractivity (Wildman–Crippen MR) is 156 cm³/mol. The highest BCUT2D eigenvalue weighted by atomic mass is 16.5. The number of rotatable bonds is 8. The first-order valence-electron chi connectivity index (χ1n) is 14.3. The van der Waals surface area contributed by atoms with Crippen LogP contribution in [0.25, 0.3) is 0 Å². The number of ether oxygens (including phenoxy) is 1. The van der Waals surface area contributed by atoms with Crippen LogP contribution in [0.2, 0.25) is 0 Å². The van der Waals surface area contributed by atoms with Crippen LogP contribution in [0.5, 0.6) is 5.75 Å². The zero-order valence-corrected chi connectivity index (χ0v) is 24.5. The summed E-state index contributed by atoms with van der Waals surface area (Å²) in [6, 6.07) is 13.9. The Bertz CT molecular complexity index is 1470. The summed E-state index contributed by atoms with van der Waals surface area (Å²) in [5, 5.41) is 18.8. The summed E-state index contributed by atoms with van der Waals surface area (Å²) in [5.74, 6) is -2.08. The third-order valence-corrected chi connectivity index (χ3v) is 8.40. The van der Waals surface area contributed by atoms with Gasteiger partial charge in [-0.2, -0.15) is 0 Å². The highest BCUT2D eigenvalue weighted by Crippen LogP contribution is 2.55. The van der Waals surface area contributed by atoms with Gasteiger partial charge in [-0.1, -0.05) is 58.0 Å².